The van der Waals surface area contributed by atoms with Crippen molar-refractivity contribution in [2.45, 2.75) is 44.8 Å². The molecule has 3 aromatic rings. The van der Waals surface area contributed by atoms with Gasteiger partial charge in [-0.15, -0.1) is 0 Å². The van der Waals surface area contributed by atoms with E-state index >= 15 is 0 Å². The highest BCUT2D eigenvalue weighted by molar-refractivity contribution is 9.10. The fourth-order valence-electron chi connectivity index (χ4n) is 4.54. The maximum Gasteiger partial charge on any atom is 0.223 e. The molecule has 1 N–H and O–H groups in total. The average molecular weight is 556 g/mol. The van der Waals surface area contributed by atoms with Gasteiger partial charge < -0.3 is 24.4 Å². The van der Waals surface area contributed by atoms with Gasteiger partial charge in [-0.2, -0.15) is 4.98 Å². The summed E-state index contributed by atoms with van der Waals surface area (Å²) in [4.78, 5) is 26.9. The number of anilines is 2. The number of ketones is 1. The molecule has 36 heavy (non-hydrogen) atoms. The Morgan fingerprint density at radius 2 is 1.89 bits per heavy atom. The number of hydrogen-bond acceptors (Lipinski definition) is 9. The van der Waals surface area contributed by atoms with Crippen LogP contribution in [0.3, 0.4) is 0 Å². The number of nitrogens with one attached hydrogen (secondary N) is 1. The predicted molar refractivity (Wildman–Crippen MR) is 141 cm³/mol. The van der Waals surface area contributed by atoms with Crippen LogP contribution in [-0.4, -0.2) is 65.8 Å². The highest BCUT2D eigenvalue weighted by atomic mass is 79.9. The van der Waals surface area contributed by atoms with E-state index in [4.69, 9.17) is 19.2 Å². The lowest BCUT2D eigenvalue weighted by molar-refractivity contribution is -0.118. The lowest BCUT2D eigenvalue weighted by atomic mass is 9.93. The molecule has 1 aromatic carbocycles. The topological polar surface area (TPSA) is 98.7 Å². The molecule has 0 amide bonds. The summed E-state index contributed by atoms with van der Waals surface area (Å²) >= 11 is 3.59. The van der Waals surface area contributed by atoms with E-state index in [0.717, 1.165) is 59.8 Å². The number of benzene rings is 1. The van der Waals surface area contributed by atoms with Crippen molar-refractivity contribution in [1.82, 2.24) is 15.0 Å². The van der Waals surface area contributed by atoms with Gasteiger partial charge in [-0.1, -0.05) is 22.0 Å². The minimum Gasteiger partial charge on any atom is -0.483 e. The molecule has 1 aliphatic carbocycles. The van der Waals surface area contributed by atoms with Crippen molar-refractivity contribution in [3.05, 3.63) is 41.1 Å². The van der Waals surface area contributed by atoms with Gasteiger partial charge in [0.15, 0.2) is 11.5 Å². The first-order valence-electron chi connectivity index (χ1n) is 12.3. The summed E-state index contributed by atoms with van der Waals surface area (Å²) in [5.41, 5.74) is 0. The van der Waals surface area contributed by atoms with Crippen LogP contribution in [0.1, 0.15) is 32.6 Å². The monoisotopic (exact) mass is 555 g/mol. The Morgan fingerprint density at radius 3 is 2.61 bits per heavy atom. The van der Waals surface area contributed by atoms with Crippen molar-refractivity contribution in [2.24, 2.45) is 0 Å². The quantitative estimate of drug-likeness (QED) is 0.433. The molecule has 10 heteroatoms. The molecule has 1 saturated heterocycles. The molecule has 0 unspecified atom stereocenters. The van der Waals surface area contributed by atoms with Crippen LogP contribution >= 0.6 is 15.9 Å². The first kappa shape index (κ1) is 24.7. The molecule has 0 spiro atoms. The number of nitrogens with zero attached hydrogens (tertiary/aromatic N) is 4. The molecule has 2 aromatic heterocycles. The van der Waals surface area contributed by atoms with E-state index in [9.17, 15) is 4.79 Å². The molecular weight excluding hydrogens is 526 g/mol. The van der Waals surface area contributed by atoms with Crippen LogP contribution < -0.4 is 19.7 Å². The van der Waals surface area contributed by atoms with Gasteiger partial charge >= 0.3 is 0 Å². The van der Waals surface area contributed by atoms with E-state index in [1.165, 1.54) is 6.92 Å². The van der Waals surface area contributed by atoms with E-state index in [1.54, 1.807) is 12.4 Å². The Morgan fingerprint density at radius 1 is 1.14 bits per heavy atom. The van der Waals surface area contributed by atoms with Crippen molar-refractivity contribution in [3.8, 4) is 11.6 Å². The highest BCUT2D eigenvalue weighted by Gasteiger charge is 2.25. The summed E-state index contributed by atoms with van der Waals surface area (Å²) in [6, 6.07) is 8.64. The average Bonchev–Trinajstić information content (AvgIpc) is 2.90. The zero-order valence-corrected chi connectivity index (χ0v) is 21.9. The van der Waals surface area contributed by atoms with Gasteiger partial charge in [0, 0.05) is 29.0 Å². The molecule has 2 aliphatic rings. The van der Waals surface area contributed by atoms with Crippen molar-refractivity contribution in [1.29, 1.82) is 0 Å². The van der Waals surface area contributed by atoms with Crippen LogP contribution in [0.2, 0.25) is 0 Å². The predicted octanol–water partition coefficient (Wildman–Crippen LogP) is 4.39. The molecule has 2 fully saturated rings. The number of Topliss-reactive ketones (excluding diaryl/α,β-unsaturated/α-hetero) is 1. The zero-order chi connectivity index (χ0) is 24.9. The van der Waals surface area contributed by atoms with Gasteiger partial charge in [-0.25, -0.2) is 9.97 Å². The van der Waals surface area contributed by atoms with Crippen molar-refractivity contribution < 1.29 is 19.0 Å². The minimum absolute atomic E-state index is 0.0244. The molecule has 5 rings (SSSR count). The van der Waals surface area contributed by atoms with Gasteiger partial charge in [-0.3, -0.25) is 4.79 Å². The molecule has 3 heterocycles. The molecule has 0 atom stereocenters. The third-order valence-electron chi connectivity index (χ3n) is 6.44. The number of carbonyl (C=O) groups is 1. The van der Waals surface area contributed by atoms with Crippen LogP contribution in [-0.2, 0) is 9.53 Å². The number of halogens is 1. The molecular formula is C26H30BrN5O4. The normalized spacial score (nSPS) is 20.2. The summed E-state index contributed by atoms with van der Waals surface area (Å²) in [6.07, 6.45) is 6.99. The lowest BCUT2D eigenvalue weighted by Gasteiger charge is -2.31. The number of carbonyl (C=O) groups excluding carboxylic acids is 1. The van der Waals surface area contributed by atoms with Crippen LogP contribution in [0.4, 0.5) is 11.8 Å². The maximum atomic E-state index is 11.1. The zero-order valence-electron chi connectivity index (χ0n) is 20.3. The van der Waals surface area contributed by atoms with Gasteiger partial charge in [0.1, 0.15) is 18.5 Å². The Balaban J connectivity index is 1.22. The van der Waals surface area contributed by atoms with Gasteiger partial charge in [0.05, 0.1) is 25.6 Å². The maximum absolute atomic E-state index is 11.1. The lowest BCUT2D eigenvalue weighted by Crippen LogP contribution is -2.37. The van der Waals surface area contributed by atoms with Crippen LogP contribution in [0.5, 0.6) is 11.6 Å². The van der Waals surface area contributed by atoms with Gasteiger partial charge in [0.25, 0.3) is 0 Å². The summed E-state index contributed by atoms with van der Waals surface area (Å²) in [6.45, 7) is 4.59. The van der Waals surface area contributed by atoms with Crippen LogP contribution in [0, 0.1) is 0 Å². The molecule has 1 aliphatic heterocycles. The number of aromatic nitrogens is 3. The number of fused-ring (bicyclic) bond motifs is 1. The number of pyridine rings is 1. The highest BCUT2D eigenvalue weighted by Crippen LogP contribution is 2.33. The van der Waals surface area contributed by atoms with E-state index < -0.39 is 0 Å². The fourth-order valence-corrected chi connectivity index (χ4v) is 4.90. The summed E-state index contributed by atoms with van der Waals surface area (Å²) in [5.74, 6) is 2.63. The molecule has 0 radical (unpaired) electrons. The molecule has 9 nitrogen and oxygen atoms in total. The number of rotatable bonds is 8. The largest absolute Gasteiger partial charge is 0.483 e. The van der Waals surface area contributed by atoms with Crippen LogP contribution in [0.15, 0.2) is 41.1 Å². The first-order chi connectivity index (χ1) is 17.5. The Labute approximate surface area is 218 Å². The second-order valence-electron chi connectivity index (χ2n) is 9.22. The minimum atomic E-state index is -0.0418. The number of morpholine rings is 1. The van der Waals surface area contributed by atoms with Crippen LogP contribution in [0.25, 0.3) is 10.8 Å². The van der Waals surface area contributed by atoms with Crippen molar-refractivity contribution in [3.63, 3.8) is 0 Å². The molecule has 1 saturated carbocycles. The first-order valence-corrected chi connectivity index (χ1v) is 13.1. The summed E-state index contributed by atoms with van der Waals surface area (Å²) in [5, 5.41) is 5.54. The van der Waals surface area contributed by atoms with E-state index in [-0.39, 0.29) is 24.5 Å². The fraction of sp³-hybridized carbons (Fsp3) is 0.462. The van der Waals surface area contributed by atoms with Gasteiger partial charge in [-0.05, 0) is 56.2 Å². The van der Waals surface area contributed by atoms with Crippen molar-refractivity contribution >= 4 is 44.3 Å². The van der Waals surface area contributed by atoms with Crippen molar-refractivity contribution in [2.75, 3.05) is 43.1 Å². The number of hydrogen-bond donors (Lipinski definition) is 1. The molecule has 190 valence electrons. The van der Waals surface area contributed by atoms with E-state index in [2.05, 4.69) is 60.4 Å². The second kappa shape index (κ2) is 11.4. The third-order valence-corrected chi connectivity index (χ3v) is 6.93. The molecule has 0 bridgehead atoms. The Bertz CT molecular complexity index is 1190. The standard InChI is InChI=1S/C26H30BrN5O4/c1-17(33)16-35-22-14-28-26(29-15-22)30-20-4-6-21(7-5-20)36-25-23-13-19(27)3-2-18(23)12-24(31-25)32-8-10-34-11-9-32/h2-3,12-15,20-21H,4-11,16H2,1H3,(H,28,29,30)/t20-,21+. The summed E-state index contributed by atoms with van der Waals surface area (Å²) in [7, 11) is 0. The third kappa shape index (κ3) is 6.22. The smallest absolute Gasteiger partial charge is 0.223 e. The van der Waals surface area contributed by atoms with Gasteiger partial charge in [0.2, 0.25) is 11.8 Å². The van der Waals surface area contributed by atoms with E-state index in [1.807, 2.05) is 0 Å². The SMILES string of the molecule is CC(=O)COc1cnc(N[C@H]2CC[C@@H](Oc3nc(N4CCOCC4)cc4ccc(Br)cc34)CC2)nc1. The number of ether oxygens (including phenoxy) is 3. The summed E-state index contributed by atoms with van der Waals surface area (Å²) < 4.78 is 18.4. The Kier molecular flexibility index (Phi) is 7.81. The van der Waals surface area contributed by atoms with E-state index in [0.29, 0.717) is 30.8 Å². The second-order valence-corrected chi connectivity index (χ2v) is 10.1. The Hall–Kier alpha value is -2.98.